The maximum absolute atomic E-state index is 17.4. The highest BCUT2D eigenvalue weighted by Crippen LogP contribution is 2.49. The first kappa shape index (κ1) is 46.1. The van der Waals surface area contributed by atoms with Crippen LogP contribution in [0.1, 0.15) is 117 Å². The molecular formula is C47H60ClF4N7O6. The van der Waals surface area contributed by atoms with Crippen molar-refractivity contribution < 1.29 is 46.0 Å². The Bertz CT molecular complexity index is 2380. The molecule has 0 N–H and O–H groups in total. The monoisotopic (exact) mass is 929 g/mol. The second-order valence-corrected chi connectivity index (χ2v) is 20.6. The van der Waals surface area contributed by atoms with Crippen LogP contribution >= 0.6 is 11.6 Å². The summed E-state index contributed by atoms with van der Waals surface area (Å²) in [4.78, 5) is 30.3. The van der Waals surface area contributed by atoms with E-state index in [0.29, 0.717) is 78.5 Å². The number of fused-ring (bicyclic) bond motifs is 3. The SMILES string of the molecule is C[C@H]1CN2CCC[C@@]2(COc2nc(OCC(F)(F)F)c3cnc(-c4c(CCCCOC5CC6(CCCN(C(=O)OC(C)(C)C)C6)C5)c(Cl)cc5c4cnn5C4CCCCO4)c(F)c3n2)C1. The summed E-state index contributed by atoms with van der Waals surface area (Å²) in [6.07, 6.45) is 8.79. The van der Waals surface area contributed by atoms with Crippen molar-refractivity contribution in [3.63, 3.8) is 0 Å². The number of benzene rings is 1. The number of halogens is 5. The number of nitrogens with zero attached hydrogens (tertiary/aromatic N) is 7. The number of carbonyl (C=O) groups is 1. The third kappa shape index (κ3) is 9.85. The average Bonchev–Trinajstić information content (AvgIpc) is 3.93. The predicted octanol–water partition coefficient (Wildman–Crippen LogP) is 10.2. The number of rotatable bonds is 13. The van der Waals surface area contributed by atoms with Gasteiger partial charge in [-0.05, 0) is 134 Å². The lowest BCUT2D eigenvalue weighted by Gasteiger charge is -2.52. The summed E-state index contributed by atoms with van der Waals surface area (Å²) in [5, 5.41) is 5.59. The molecule has 1 unspecified atom stereocenters. The third-order valence-electron chi connectivity index (χ3n) is 13.9. The van der Waals surface area contributed by atoms with E-state index in [1.54, 1.807) is 10.9 Å². The first-order valence-corrected chi connectivity index (χ1v) is 23.7. The molecule has 3 aromatic heterocycles. The minimum absolute atomic E-state index is 0.0519. The van der Waals surface area contributed by atoms with Crippen molar-refractivity contribution in [1.29, 1.82) is 0 Å². The molecule has 5 fully saturated rings. The van der Waals surface area contributed by atoms with E-state index in [2.05, 4.69) is 26.8 Å². The molecular weight excluding hydrogens is 870 g/mol. The van der Waals surface area contributed by atoms with Crippen LogP contribution in [0.5, 0.6) is 11.9 Å². The summed E-state index contributed by atoms with van der Waals surface area (Å²) < 4.78 is 89.2. The number of pyridine rings is 1. The quantitative estimate of drug-likeness (QED) is 0.0940. The first-order chi connectivity index (χ1) is 31.0. The molecule has 7 heterocycles. The molecule has 4 saturated heterocycles. The van der Waals surface area contributed by atoms with E-state index >= 15 is 4.39 Å². The number of likely N-dealkylation sites (tertiary alicyclic amines) is 1. The molecule has 1 amide bonds. The number of unbranched alkanes of at least 4 members (excludes halogenated alkanes) is 1. The molecule has 0 bridgehead atoms. The number of piperidine rings is 1. The number of ether oxygens (including phenoxy) is 5. The number of hydrogen-bond donors (Lipinski definition) is 0. The van der Waals surface area contributed by atoms with Gasteiger partial charge in [0.05, 0.1) is 28.7 Å². The molecule has 4 aromatic rings. The van der Waals surface area contributed by atoms with E-state index in [1.165, 1.54) is 6.20 Å². The average molecular weight is 930 g/mol. The van der Waals surface area contributed by atoms with Crippen LogP contribution in [0.25, 0.3) is 33.1 Å². The fourth-order valence-corrected chi connectivity index (χ4v) is 11.4. The van der Waals surface area contributed by atoms with E-state index in [4.69, 9.17) is 40.4 Å². The minimum atomic E-state index is -4.68. The zero-order chi connectivity index (χ0) is 45.7. The van der Waals surface area contributed by atoms with Crippen molar-refractivity contribution in [3.05, 3.63) is 34.9 Å². The molecule has 65 heavy (non-hydrogen) atoms. The molecule has 1 spiro atoms. The van der Waals surface area contributed by atoms with Crippen molar-refractivity contribution in [2.24, 2.45) is 11.3 Å². The predicted molar refractivity (Wildman–Crippen MR) is 236 cm³/mol. The highest BCUT2D eigenvalue weighted by atomic mass is 35.5. The van der Waals surface area contributed by atoms with Gasteiger partial charge < -0.3 is 28.6 Å². The van der Waals surface area contributed by atoms with Crippen LogP contribution in [0, 0.1) is 17.2 Å². The van der Waals surface area contributed by atoms with Crippen LogP contribution in [0.15, 0.2) is 18.5 Å². The lowest BCUT2D eigenvalue weighted by molar-refractivity contribution is -0.153. The lowest BCUT2D eigenvalue weighted by atomic mass is 9.62. The Balaban J connectivity index is 0.973. The van der Waals surface area contributed by atoms with E-state index in [9.17, 15) is 18.0 Å². The Morgan fingerprint density at radius 2 is 1.82 bits per heavy atom. The molecule has 4 aliphatic heterocycles. The van der Waals surface area contributed by atoms with Crippen LogP contribution in [-0.2, 0) is 20.6 Å². The van der Waals surface area contributed by atoms with Crippen LogP contribution in [0.3, 0.4) is 0 Å². The number of amides is 1. The Morgan fingerprint density at radius 3 is 2.58 bits per heavy atom. The van der Waals surface area contributed by atoms with E-state index in [0.717, 1.165) is 77.3 Å². The van der Waals surface area contributed by atoms with Crippen LogP contribution in [0.4, 0.5) is 22.4 Å². The van der Waals surface area contributed by atoms with E-state index in [1.807, 2.05) is 31.7 Å². The van der Waals surface area contributed by atoms with Gasteiger partial charge in [0.2, 0.25) is 5.88 Å². The van der Waals surface area contributed by atoms with Crippen LogP contribution in [0.2, 0.25) is 5.02 Å². The highest BCUT2D eigenvalue weighted by molar-refractivity contribution is 6.33. The van der Waals surface area contributed by atoms with Crippen LogP contribution in [-0.4, -0.2) is 117 Å². The summed E-state index contributed by atoms with van der Waals surface area (Å²) in [7, 11) is 0. The zero-order valence-electron chi connectivity index (χ0n) is 37.8. The Morgan fingerprint density at radius 1 is 1.00 bits per heavy atom. The summed E-state index contributed by atoms with van der Waals surface area (Å²) >= 11 is 7.16. The minimum Gasteiger partial charge on any atom is -0.467 e. The van der Waals surface area contributed by atoms with Crippen molar-refractivity contribution in [3.8, 4) is 23.1 Å². The van der Waals surface area contributed by atoms with Gasteiger partial charge in [0.25, 0.3) is 0 Å². The summed E-state index contributed by atoms with van der Waals surface area (Å²) in [5.41, 5.74) is 0.611. The largest absolute Gasteiger partial charge is 0.467 e. The number of aromatic nitrogens is 5. The van der Waals surface area contributed by atoms with Gasteiger partial charge >= 0.3 is 18.3 Å². The van der Waals surface area contributed by atoms with Gasteiger partial charge in [0.1, 0.15) is 23.4 Å². The van der Waals surface area contributed by atoms with Gasteiger partial charge in [-0.3, -0.25) is 9.88 Å². The van der Waals surface area contributed by atoms with E-state index < -0.39 is 30.1 Å². The topological polar surface area (TPSA) is 126 Å². The third-order valence-corrected chi connectivity index (χ3v) is 14.2. The summed E-state index contributed by atoms with van der Waals surface area (Å²) in [6.45, 7) is 10.7. The fraction of sp³-hybridized carbons (Fsp3) is 0.681. The maximum Gasteiger partial charge on any atom is 0.422 e. The van der Waals surface area contributed by atoms with Gasteiger partial charge in [0.15, 0.2) is 18.7 Å². The molecule has 1 aliphatic carbocycles. The molecule has 1 aromatic carbocycles. The summed E-state index contributed by atoms with van der Waals surface area (Å²) in [6, 6.07) is 1.56. The first-order valence-electron chi connectivity index (χ1n) is 23.3. The molecule has 18 heteroatoms. The molecule has 13 nitrogen and oxygen atoms in total. The lowest BCUT2D eigenvalue weighted by Crippen LogP contribution is -2.55. The molecule has 1 saturated carbocycles. The number of carbonyl (C=O) groups excluding carboxylic acids is 1. The molecule has 9 rings (SSSR count). The Hall–Kier alpha value is -4.06. The van der Waals surface area contributed by atoms with Crippen molar-refractivity contribution in [2.75, 3.05) is 52.6 Å². The molecule has 0 radical (unpaired) electrons. The van der Waals surface area contributed by atoms with Gasteiger partial charge in [-0.25, -0.2) is 13.9 Å². The van der Waals surface area contributed by atoms with Gasteiger partial charge in [-0.2, -0.15) is 28.2 Å². The maximum atomic E-state index is 17.4. The zero-order valence-corrected chi connectivity index (χ0v) is 38.5. The molecule has 3 atom stereocenters. The normalized spacial score (nSPS) is 26.2. The number of hydrogen-bond acceptors (Lipinski definition) is 11. The van der Waals surface area contributed by atoms with Crippen LogP contribution < -0.4 is 9.47 Å². The standard InChI is InChI=1S/C47H60ClF4N7O6/c1-29-20-46(14-10-16-58(46)25-29)27-64-42-55-39-33(41(56-42)63-28-47(50,51)52)23-53-40(38(39)49)37-31(34(48)19-35-32(37)24-54-59(35)36-12-6-8-18-62-36)11-5-7-17-61-30-21-45(22-30)13-9-15-57(26-45)43(60)65-44(2,3)4/h19,23-24,29-30,36H,5-18,20-22,25-28H2,1-4H3/t29-,30?,36?,45?,46+/m1/s1. The smallest absolute Gasteiger partial charge is 0.422 e. The van der Waals surface area contributed by atoms with Crippen molar-refractivity contribution in [1.82, 2.24) is 34.5 Å². The second-order valence-electron chi connectivity index (χ2n) is 20.2. The summed E-state index contributed by atoms with van der Waals surface area (Å²) in [5.74, 6) is -0.889. The Labute approximate surface area is 381 Å². The fourth-order valence-electron chi connectivity index (χ4n) is 11.1. The van der Waals surface area contributed by atoms with Gasteiger partial charge in [0, 0.05) is 55.0 Å². The van der Waals surface area contributed by atoms with Gasteiger partial charge in [-0.15, -0.1) is 0 Å². The molecule has 5 aliphatic rings. The Kier molecular flexibility index (Phi) is 12.9. The van der Waals surface area contributed by atoms with Gasteiger partial charge in [-0.1, -0.05) is 18.5 Å². The second kappa shape index (κ2) is 18.2. The van der Waals surface area contributed by atoms with Crippen molar-refractivity contribution in [2.45, 2.75) is 141 Å². The van der Waals surface area contributed by atoms with E-state index in [-0.39, 0.29) is 58.6 Å². The highest BCUT2D eigenvalue weighted by Gasteiger charge is 2.49. The number of alkyl halides is 3. The molecule has 354 valence electrons. The van der Waals surface area contributed by atoms with Crippen molar-refractivity contribution >= 4 is 39.5 Å².